The minimum Gasteiger partial charge on any atom is -0.393 e. The maximum Gasteiger partial charge on any atom is 0.253 e. The number of aromatic amines is 1. The van der Waals surface area contributed by atoms with Crippen LogP contribution in [-0.4, -0.2) is 28.6 Å². The lowest BCUT2D eigenvalue weighted by Crippen LogP contribution is -2.33. The Bertz CT molecular complexity index is 666. The van der Waals surface area contributed by atoms with Gasteiger partial charge in [-0.1, -0.05) is 18.6 Å². The van der Waals surface area contributed by atoms with Crippen LogP contribution in [0.25, 0.3) is 11.1 Å². The van der Waals surface area contributed by atoms with Gasteiger partial charge in [-0.05, 0) is 42.9 Å². The van der Waals surface area contributed by atoms with Crippen molar-refractivity contribution in [3.8, 4) is 11.1 Å². The summed E-state index contributed by atoms with van der Waals surface area (Å²) in [4.78, 5) is 15.4. The first-order valence-corrected chi connectivity index (χ1v) is 8.02. The number of benzene rings is 1. The van der Waals surface area contributed by atoms with Gasteiger partial charge in [0, 0.05) is 24.5 Å². The molecule has 1 heterocycles. The second kappa shape index (κ2) is 6.96. The molecule has 0 saturated heterocycles. The van der Waals surface area contributed by atoms with Gasteiger partial charge in [0.05, 0.1) is 11.7 Å². The minimum atomic E-state index is -0.300. The van der Waals surface area contributed by atoms with E-state index in [0.717, 1.165) is 36.8 Å². The number of halogens is 1. The summed E-state index contributed by atoms with van der Waals surface area (Å²) in [6.45, 7) is 0.573. The van der Waals surface area contributed by atoms with E-state index in [4.69, 9.17) is 0 Å². The Hall–Kier alpha value is -2.14. The van der Waals surface area contributed by atoms with E-state index in [9.17, 15) is 14.3 Å². The number of amides is 1. The van der Waals surface area contributed by atoms with E-state index in [0.29, 0.717) is 18.0 Å². The van der Waals surface area contributed by atoms with Crippen molar-refractivity contribution in [1.82, 2.24) is 10.3 Å². The molecule has 1 amide bonds. The van der Waals surface area contributed by atoms with Crippen molar-refractivity contribution in [3.05, 3.63) is 48.0 Å². The van der Waals surface area contributed by atoms with Crippen LogP contribution in [0.2, 0.25) is 0 Å². The van der Waals surface area contributed by atoms with Crippen LogP contribution in [0.3, 0.4) is 0 Å². The van der Waals surface area contributed by atoms with E-state index >= 15 is 0 Å². The van der Waals surface area contributed by atoms with Gasteiger partial charge in [-0.3, -0.25) is 4.79 Å². The fourth-order valence-electron chi connectivity index (χ4n) is 3.20. The van der Waals surface area contributed by atoms with Gasteiger partial charge in [-0.2, -0.15) is 0 Å². The van der Waals surface area contributed by atoms with Crippen LogP contribution in [0, 0.1) is 11.7 Å². The van der Waals surface area contributed by atoms with Crippen LogP contribution < -0.4 is 5.32 Å². The molecule has 1 aromatic heterocycles. The van der Waals surface area contributed by atoms with Gasteiger partial charge in [0.1, 0.15) is 5.82 Å². The molecule has 0 bridgehead atoms. The molecule has 1 fully saturated rings. The average molecular weight is 316 g/mol. The van der Waals surface area contributed by atoms with Gasteiger partial charge in [0.15, 0.2) is 0 Å². The normalized spacial score (nSPS) is 21.1. The van der Waals surface area contributed by atoms with Crippen LogP contribution >= 0.6 is 0 Å². The zero-order valence-electron chi connectivity index (χ0n) is 12.9. The molecule has 1 aliphatic carbocycles. The topological polar surface area (TPSA) is 65.1 Å². The number of rotatable bonds is 4. The molecule has 2 atom stereocenters. The zero-order chi connectivity index (χ0) is 16.2. The molecular formula is C18H21FN2O2. The van der Waals surface area contributed by atoms with Gasteiger partial charge in [0.25, 0.3) is 5.91 Å². The Morgan fingerprint density at radius 3 is 2.78 bits per heavy atom. The van der Waals surface area contributed by atoms with E-state index in [1.807, 2.05) is 0 Å². The fourth-order valence-corrected chi connectivity index (χ4v) is 3.20. The van der Waals surface area contributed by atoms with E-state index in [1.54, 1.807) is 24.5 Å². The molecule has 23 heavy (non-hydrogen) atoms. The Morgan fingerprint density at radius 2 is 2.04 bits per heavy atom. The van der Waals surface area contributed by atoms with E-state index in [2.05, 4.69) is 10.3 Å². The average Bonchev–Trinajstić information content (AvgIpc) is 3.03. The summed E-state index contributed by atoms with van der Waals surface area (Å²) in [5.74, 6) is -0.118. The first kappa shape index (κ1) is 15.7. The lowest BCUT2D eigenvalue weighted by molar-refractivity contribution is 0.0874. The zero-order valence-corrected chi connectivity index (χ0v) is 12.9. The number of aliphatic hydroxyl groups excluding tert-OH is 1. The van der Waals surface area contributed by atoms with Crippen molar-refractivity contribution in [2.75, 3.05) is 6.54 Å². The lowest BCUT2D eigenvalue weighted by atomic mass is 9.87. The highest BCUT2D eigenvalue weighted by atomic mass is 19.1. The largest absolute Gasteiger partial charge is 0.393 e. The first-order chi connectivity index (χ1) is 11.1. The summed E-state index contributed by atoms with van der Waals surface area (Å²) >= 11 is 0. The monoisotopic (exact) mass is 316 g/mol. The summed E-state index contributed by atoms with van der Waals surface area (Å²) in [7, 11) is 0. The molecule has 2 aromatic rings. The summed E-state index contributed by atoms with van der Waals surface area (Å²) < 4.78 is 13.0. The van der Waals surface area contributed by atoms with Crippen LogP contribution in [0.15, 0.2) is 36.7 Å². The molecule has 1 saturated carbocycles. The van der Waals surface area contributed by atoms with Crippen molar-refractivity contribution in [2.45, 2.75) is 31.8 Å². The molecule has 5 heteroatoms. The summed E-state index contributed by atoms with van der Waals surface area (Å²) in [5.41, 5.74) is 2.10. The number of aromatic nitrogens is 1. The highest BCUT2D eigenvalue weighted by Gasteiger charge is 2.21. The Labute approximate surface area is 134 Å². The third-order valence-corrected chi connectivity index (χ3v) is 4.45. The minimum absolute atomic E-state index is 0.148. The fraction of sp³-hybridized carbons (Fsp3) is 0.389. The van der Waals surface area contributed by atoms with Crippen LogP contribution in [-0.2, 0) is 0 Å². The standard InChI is InChI=1S/C18H21FN2O2/c19-14-6-4-13(5-7-14)16-10-20-11-17(16)18(23)21-9-12-2-1-3-15(22)8-12/h4-7,10-12,15,20,22H,1-3,8-9H2,(H,21,23). The van der Waals surface area contributed by atoms with Gasteiger partial charge in [-0.25, -0.2) is 4.39 Å². The van der Waals surface area contributed by atoms with Crippen molar-refractivity contribution < 1.29 is 14.3 Å². The number of carbonyl (C=O) groups is 1. The summed E-state index contributed by atoms with van der Waals surface area (Å²) in [5, 5.41) is 12.6. The van der Waals surface area contributed by atoms with Gasteiger partial charge in [-0.15, -0.1) is 0 Å². The summed E-state index contributed by atoms with van der Waals surface area (Å²) in [6.07, 6.45) is 6.81. The third-order valence-electron chi connectivity index (χ3n) is 4.45. The molecule has 3 N–H and O–H groups in total. The molecular weight excluding hydrogens is 295 g/mol. The number of hydrogen-bond donors (Lipinski definition) is 3. The number of hydrogen-bond acceptors (Lipinski definition) is 2. The number of nitrogens with one attached hydrogen (secondary N) is 2. The van der Waals surface area contributed by atoms with Gasteiger partial charge < -0.3 is 15.4 Å². The Balaban J connectivity index is 1.66. The molecule has 0 spiro atoms. The van der Waals surface area contributed by atoms with Crippen molar-refractivity contribution in [3.63, 3.8) is 0 Å². The third kappa shape index (κ3) is 3.79. The Kier molecular flexibility index (Phi) is 4.76. The number of aliphatic hydroxyl groups is 1. The maximum atomic E-state index is 13.0. The second-order valence-electron chi connectivity index (χ2n) is 6.19. The van der Waals surface area contributed by atoms with Crippen LogP contribution in [0.5, 0.6) is 0 Å². The van der Waals surface area contributed by atoms with Crippen molar-refractivity contribution in [1.29, 1.82) is 0 Å². The van der Waals surface area contributed by atoms with Gasteiger partial charge in [0.2, 0.25) is 0 Å². The number of carbonyl (C=O) groups excluding carboxylic acids is 1. The lowest BCUT2D eigenvalue weighted by Gasteiger charge is -2.25. The quantitative estimate of drug-likeness (QED) is 0.811. The van der Waals surface area contributed by atoms with E-state index in [-0.39, 0.29) is 17.8 Å². The van der Waals surface area contributed by atoms with Crippen molar-refractivity contribution in [2.24, 2.45) is 5.92 Å². The second-order valence-corrected chi connectivity index (χ2v) is 6.19. The highest BCUT2D eigenvalue weighted by Crippen LogP contribution is 2.25. The SMILES string of the molecule is O=C(NCC1CCCC(O)C1)c1c[nH]cc1-c1ccc(F)cc1. The molecule has 0 radical (unpaired) electrons. The van der Waals surface area contributed by atoms with E-state index < -0.39 is 0 Å². The maximum absolute atomic E-state index is 13.0. The molecule has 4 nitrogen and oxygen atoms in total. The predicted octanol–water partition coefficient (Wildman–Crippen LogP) is 3.10. The van der Waals surface area contributed by atoms with Gasteiger partial charge >= 0.3 is 0 Å². The Morgan fingerprint density at radius 1 is 1.26 bits per heavy atom. The highest BCUT2D eigenvalue weighted by molar-refractivity contribution is 6.00. The van der Waals surface area contributed by atoms with E-state index in [1.165, 1.54) is 12.1 Å². The molecule has 1 aliphatic rings. The predicted molar refractivity (Wildman–Crippen MR) is 86.5 cm³/mol. The molecule has 3 rings (SSSR count). The molecule has 0 aliphatic heterocycles. The van der Waals surface area contributed by atoms with Crippen LogP contribution in [0.1, 0.15) is 36.0 Å². The molecule has 1 aromatic carbocycles. The van der Waals surface area contributed by atoms with Crippen molar-refractivity contribution >= 4 is 5.91 Å². The van der Waals surface area contributed by atoms with Crippen LogP contribution in [0.4, 0.5) is 4.39 Å². The molecule has 122 valence electrons. The number of H-pyrrole nitrogens is 1. The first-order valence-electron chi connectivity index (χ1n) is 8.02. The smallest absolute Gasteiger partial charge is 0.253 e. The molecule has 2 unspecified atom stereocenters. The summed E-state index contributed by atoms with van der Waals surface area (Å²) in [6, 6.07) is 6.08.